The number of anilines is 1. The van der Waals surface area contributed by atoms with Crippen molar-refractivity contribution in [2.75, 3.05) is 11.3 Å². The van der Waals surface area contributed by atoms with Gasteiger partial charge in [0.25, 0.3) is 0 Å². The molecule has 0 spiro atoms. The van der Waals surface area contributed by atoms with Crippen LogP contribution in [0.5, 0.6) is 5.75 Å². The van der Waals surface area contributed by atoms with Crippen LogP contribution in [0.2, 0.25) is 0 Å². The van der Waals surface area contributed by atoms with Crippen molar-refractivity contribution < 1.29 is 13.2 Å². The Morgan fingerprint density at radius 3 is 2.77 bits per heavy atom. The van der Waals surface area contributed by atoms with Gasteiger partial charge in [0.15, 0.2) is 5.84 Å². The zero-order valence-electron chi connectivity index (χ0n) is 16.7. The van der Waals surface area contributed by atoms with E-state index in [1.807, 2.05) is 44.3 Å². The Bertz CT molecular complexity index is 1230. The van der Waals surface area contributed by atoms with Crippen molar-refractivity contribution in [3.8, 4) is 5.75 Å². The van der Waals surface area contributed by atoms with Crippen molar-refractivity contribution >= 4 is 32.6 Å². The molecular weight excluding hydrogens is 402 g/mol. The number of hydrogen-bond acceptors (Lipinski definition) is 6. The van der Waals surface area contributed by atoms with Crippen molar-refractivity contribution in [3.63, 3.8) is 0 Å². The molecular formula is C21H23N5O3S. The van der Waals surface area contributed by atoms with Crippen molar-refractivity contribution in [2.24, 2.45) is 10.1 Å². The first-order chi connectivity index (χ1) is 14.2. The van der Waals surface area contributed by atoms with Gasteiger partial charge in [-0.05, 0) is 43.7 Å². The van der Waals surface area contributed by atoms with Crippen molar-refractivity contribution in [3.05, 3.63) is 65.9 Å². The van der Waals surface area contributed by atoms with Gasteiger partial charge in [-0.3, -0.25) is 9.71 Å². The lowest BCUT2D eigenvalue weighted by atomic mass is 10.0. The predicted molar refractivity (Wildman–Crippen MR) is 118 cm³/mol. The minimum absolute atomic E-state index is 0.0895. The Hall–Kier alpha value is -3.17. The average Bonchev–Trinajstić information content (AvgIpc) is 2.69. The van der Waals surface area contributed by atoms with E-state index in [1.165, 1.54) is 0 Å². The maximum absolute atomic E-state index is 11.7. The standard InChI is InChI=1S/C21H23N5O3S/c1-21(2,24-12-14-10-11-23-16-7-4-3-6-15(14)16)13-29-18-9-5-8-17-19(18)20(22)26-30(27,28)25-17/h3-11,24-25H,12-13H2,1-2H3,(H2,22,26). The van der Waals surface area contributed by atoms with Crippen molar-refractivity contribution in [1.82, 2.24) is 10.3 Å². The van der Waals surface area contributed by atoms with Gasteiger partial charge in [0.2, 0.25) is 0 Å². The predicted octanol–water partition coefficient (Wildman–Crippen LogP) is 2.56. The first-order valence-corrected chi connectivity index (χ1v) is 10.9. The fourth-order valence-corrected chi connectivity index (χ4v) is 4.13. The van der Waals surface area contributed by atoms with E-state index in [0.29, 0.717) is 30.2 Å². The molecule has 0 unspecified atom stereocenters. The number of fused-ring (bicyclic) bond motifs is 2. The lowest BCUT2D eigenvalue weighted by Crippen LogP contribution is -2.44. The van der Waals surface area contributed by atoms with Gasteiger partial charge in [-0.1, -0.05) is 24.3 Å². The zero-order chi connectivity index (χ0) is 21.4. The van der Waals surface area contributed by atoms with Crippen LogP contribution in [0.1, 0.15) is 25.0 Å². The molecule has 0 saturated heterocycles. The molecule has 0 saturated carbocycles. The highest BCUT2D eigenvalue weighted by molar-refractivity contribution is 7.91. The zero-order valence-corrected chi connectivity index (χ0v) is 17.5. The Morgan fingerprint density at radius 1 is 1.13 bits per heavy atom. The highest BCUT2D eigenvalue weighted by Gasteiger charge is 2.26. The largest absolute Gasteiger partial charge is 0.491 e. The molecule has 156 valence electrons. The minimum Gasteiger partial charge on any atom is -0.491 e. The van der Waals surface area contributed by atoms with Crippen LogP contribution in [-0.2, 0) is 16.8 Å². The molecule has 2 heterocycles. The van der Waals surface area contributed by atoms with E-state index in [-0.39, 0.29) is 11.4 Å². The second-order valence-corrected chi connectivity index (χ2v) is 9.08. The summed E-state index contributed by atoms with van der Waals surface area (Å²) in [5.41, 5.74) is 8.42. The summed E-state index contributed by atoms with van der Waals surface area (Å²) in [6.45, 7) is 5.06. The van der Waals surface area contributed by atoms with Crippen LogP contribution in [-0.4, -0.2) is 31.4 Å². The molecule has 4 N–H and O–H groups in total. The summed E-state index contributed by atoms with van der Waals surface area (Å²) < 4.78 is 35.4. The van der Waals surface area contributed by atoms with Crippen LogP contribution < -0.4 is 20.5 Å². The lowest BCUT2D eigenvalue weighted by molar-refractivity contribution is 0.207. The molecule has 0 radical (unpaired) electrons. The molecule has 3 aromatic rings. The molecule has 0 aliphatic carbocycles. The first kappa shape index (κ1) is 20.1. The summed E-state index contributed by atoms with van der Waals surface area (Å²) in [5.74, 6) is 0.383. The average molecular weight is 426 g/mol. The number of nitrogens with two attached hydrogens (primary N) is 1. The van der Waals surface area contributed by atoms with Crippen LogP contribution >= 0.6 is 0 Å². The first-order valence-electron chi connectivity index (χ1n) is 9.46. The van der Waals surface area contributed by atoms with Crippen LogP contribution in [0.3, 0.4) is 0 Å². The monoisotopic (exact) mass is 425 g/mol. The third-order valence-electron chi connectivity index (χ3n) is 4.83. The second-order valence-electron chi connectivity index (χ2n) is 7.75. The van der Waals surface area contributed by atoms with Gasteiger partial charge >= 0.3 is 10.2 Å². The number of para-hydroxylation sites is 1. The second kappa shape index (κ2) is 7.58. The Balaban J connectivity index is 1.48. The van der Waals surface area contributed by atoms with Crippen LogP contribution in [0.25, 0.3) is 10.9 Å². The quantitative estimate of drug-likeness (QED) is 0.558. The normalized spacial score (nSPS) is 15.2. The number of nitrogens with zero attached hydrogens (tertiary/aromatic N) is 2. The van der Waals surface area contributed by atoms with Gasteiger partial charge in [-0.15, -0.1) is 4.40 Å². The molecule has 8 nitrogen and oxygen atoms in total. The number of rotatable bonds is 6. The van der Waals surface area contributed by atoms with E-state index in [0.717, 1.165) is 16.5 Å². The fourth-order valence-electron chi connectivity index (χ4n) is 3.29. The van der Waals surface area contributed by atoms with E-state index in [4.69, 9.17) is 10.5 Å². The summed E-state index contributed by atoms with van der Waals surface area (Å²) in [6, 6.07) is 15.1. The van der Waals surface area contributed by atoms with Crippen LogP contribution in [0, 0.1) is 0 Å². The van der Waals surface area contributed by atoms with Gasteiger partial charge in [0.1, 0.15) is 12.4 Å². The molecule has 30 heavy (non-hydrogen) atoms. The smallest absolute Gasteiger partial charge is 0.344 e. The molecule has 1 aromatic heterocycles. The van der Waals surface area contributed by atoms with Crippen LogP contribution in [0.4, 0.5) is 5.69 Å². The highest BCUT2D eigenvalue weighted by atomic mass is 32.2. The van der Waals surface area contributed by atoms with Gasteiger partial charge in [0.05, 0.1) is 16.8 Å². The molecule has 0 fully saturated rings. The van der Waals surface area contributed by atoms with Gasteiger partial charge < -0.3 is 15.8 Å². The maximum atomic E-state index is 11.7. The molecule has 0 atom stereocenters. The molecule has 1 aliphatic heterocycles. The Labute approximate surface area is 175 Å². The Kier molecular flexibility index (Phi) is 5.08. The number of hydrogen-bond donors (Lipinski definition) is 3. The molecule has 4 rings (SSSR count). The maximum Gasteiger partial charge on any atom is 0.344 e. The summed E-state index contributed by atoms with van der Waals surface area (Å²) in [4.78, 5) is 4.40. The Morgan fingerprint density at radius 2 is 1.93 bits per heavy atom. The van der Waals surface area contributed by atoms with Gasteiger partial charge in [-0.25, -0.2) is 0 Å². The van der Waals surface area contributed by atoms with Crippen molar-refractivity contribution in [2.45, 2.75) is 25.9 Å². The molecule has 9 heteroatoms. The molecule has 1 aliphatic rings. The third kappa shape index (κ3) is 4.22. The number of ether oxygens (including phenoxy) is 1. The molecule has 0 amide bonds. The topological polar surface area (TPSA) is 119 Å². The number of amidine groups is 1. The van der Waals surface area contributed by atoms with Gasteiger partial charge in [0, 0.05) is 23.7 Å². The lowest BCUT2D eigenvalue weighted by Gasteiger charge is -2.28. The van der Waals surface area contributed by atoms with Crippen LogP contribution in [0.15, 0.2) is 59.1 Å². The SMILES string of the molecule is CC(C)(COc1cccc2c1C(N)=NS(=O)(=O)N2)NCc1ccnc2ccccc12. The number of nitrogens with one attached hydrogen (secondary N) is 2. The minimum atomic E-state index is -3.82. The molecule has 2 aromatic carbocycles. The summed E-state index contributed by atoms with van der Waals surface area (Å²) in [7, 11) is -3.82. The number of benzene rings is 2. The summed E-state index contributed by atoms with van der Waals surface area (Å²) in [6.07, 6.45) is 1.81. The number of aromatic nitrogens is 1. The van der Waals surface area contributed by atoms with Gasteiger partial charge in [-0.2, -0.15) is 8.42 Å². The van der Waals surface area contributed by atoms with E-state index >= 15 is 0 Å². The summed E-state index contributed by atoms with van der Waals surface area (Å²) >= 11 is 0. The van der Waals surface area contributed by atoms with E-state index in [2.05, 4.69) is 25.5 Å². The van der Waals surface area contributed by atoms with E-state index in [9.17, 15) is 8.42 Å². The fraction of sp³-hybridized carbons (Fsp3) is 0.238. The number of pyridine rings is 1. The van der Waals surface area contributed by atoms with Crippen molar-refractivity contribution in [1.29, 1.82) is 0 Å². The van der Waals surface area contributed by atoms with E-state index < -0.39 is 10.2 Å². The third-order valence-corrected chi connectivity index (χ3v) is 5.74. The highest BCUT2D eigenvalue weighted by Crippen LogP contribution is 2.31. The molecule has 0 bridgehead atoms. The van der Waals surface area contributed by atoms with E-state index in [1.54, 1.807) is 18.2 Å². The summed E-state index contributed by atoms with van der Waals surface area (Å²) in [5, 5.41) is 4.63.